The maximum absolute atomic E-state index is 5.22. The van der Waals surface area contributed by atoms with Crippen molar-refractivity contribution in [3.63, 3.8) is 0 Å². The van der Waals surface area contributed by atoms with Crippen LogP contribution in [-0.2, 0) is 6.54 Å². The lowest BCUT2D eigenvalue weighted by atomic mass is 10.3. The molecule has 2 aromatic rings. The Morgan fingerprint density at radius 1 is 1.22 bits per heavy atom. The van der Waals surface area contributed by atoms with Crippen LogP contribution in [0.2, 0.25) is 0 Å². The van der Waals surface area contributed by atoms with Crippen LogP contribution in [0.15, 0.2) is 24.5 Å². The number of hydrogen-bond acceptors (Lipinski definition) is 3. The zero-order valence-electron chi connectivity index (χ0n) is 10.8. The van der Waals surface area contributed by atoms with Gasteiger partial charge in [-0.2, -0.15) is 0 Å². The van der Waals surface area contributed by atoms with Crippen molar-refractivity contribution in [3.05, 3.63) is 24.5 Å². The third-order valence-corrected chi connectivity index (χ3v) is 3.68. The van der Waals surface area contributed by atoms with Crippen molar-refractivity contribution in [3.8, 4) is 5.75 Å². The Balaban J connectivity index is 1.75. The molecule has 2 heterocycles. The molecular weight excluding hydrogens is 226 g/mol. The van der Waals surface area contributed by atoms with Crippen LogP contribution in [0.4, 0.5) is 0 Å². The van der Waals surface area contributed by atoms with E-state index in [1.807, 2.05) is 18.5 Å². The largest absolute Gasteiger partial charge is 0.497 e. The molecule has 1 saturated heterocycles. The van der Waals surface area contributed by atoms with Crippen molar-refractivity contribution in [2.75, 3.05) is 26.7 Å². The summed E-state index contributed by atoms with van der Waals surface area (Å²) >= 11 is 0. The minimum atomic E-state index is 0.868. The fourth-order valence-electron chi connectivity index (χ4n) is 2.60. The summed E-state index contributed by atoms with van der Waals surface area (Å²) in [5, 5.41) is 0. The van der Waals surface area contributed by atoms with E-state index < -0.39 is 0 Å². The number of hydrogen-bond donors (Lipinski definition) is 0. The molecule has 0 N–H and O–H groups in total. The molecule has 4 heteroatoms. The number of fused-ring (bicyclic) bond motifs is 1. The number of methoxy groups -OCH3 is 1. The van der Waals surface area contributed by atoms with E-state index >= 15 is 0 Å². The third-order valence-electron chi connectivity index (χ3n) is 3.68. The average molecular weight is 245 g/mol. The second-order valence-electron chi connectivity index (χ2n) is 4.84. The van der Waals surface area contributed by atoms with Gasteiger partial charge in [-0.15, -0.1) is 0 Å². The SMILES string of the molecule is COc1ccc2c(c1)ncn2CCN1CCCC1. The molecule has 0 unspecified atom stereocenters. The highest BCUT2D eigenvalue weighted by atomic mass is 16.5. The van der Waals surface area contributed by atoms with Gasteiger partial charge in [-0.3, -0.25) is 0 Å². The van der Waals surface area contributed by atoms with E-state index in [4.69, 9.17) is 4.74 Å². The van der Waals surface area contributed by atoms with Crippen LogP contribution in [-0.4, -0.2) is 41.2 Å². The predicted molar refractivity (Wildman–Crippen MR) is 72.0 cm³/mol. The Kier molecular flexibility index (Phi) is 3.19. The molecule has 0 aliphatic carbocycles. The molecule has 4 nitrogen and oxygen atoms in total. The highest BCUT2D eigenvalue weighted by Gasteiger charge is 2.11. The monoisotopic (exact) mass is 245 g/mol. The van der Waals surface area contributed by atoms with E-state index in [0.717, 1.165) is 24.4 Å². The minimum absolute atomic E-state index is 0.868. The molecule has 18 heavy (non-hydrogen) atoms. The third kappa shape index (κ3) is 2.20. The van der Waals surface area contributed by atoms with Crippen LogP contribution < -0.4 is 4.74 Å². The molecular formula is C14H19N3O. The molecule has 0 radical (unpaired) electrons. The molecule has 1 aromatic carbocycles. The summed E-state index contributed by atoms with van der Waals surface area (Å²) in [5.74, 6) is 0.868. The van der Waals surface area contributed by atoms with Crippen LogP contribution in [0, 0.1) is 0 Å². The van der Waals surface area contributed by atoms with E-state index in [2.05, 4.69) is 20.5 Å². The number of benzene rings is 1. The number of likely N-dealkylation sites (tertiary alicyclic amines) is 1. The lowest BCUT2D eigenvalue weighted by molar-refractivity contribution is 0.324. The van der Waals surface area contributed by atoms with E-state index in [9.17, 15) is 0 Å². The van der Waals surface area contributed by atoms with Gasteiger partial charge >= 0.3 is 0 Å². The van der Waals surface area contributed by atoms with Crippen LogP contribution in [0.1, 0.15) is 12.8 Å². The van der Waals surface area contributed by atoms with E-state index in [1.54, 1.807) is 7.11 Å². The first-order valence-electron chi connectivity index (χ1n) is 6.58. The molecule has 0 bridgehead atoms. The number of ether oxygens (including phenoxy) is 1. The first-order chi connectivity index (χ1) is 8.86. The number of rotatable bonds is 4. The standard InChI is InChI=1S/C14H19N3O/c1-18-12-4-5-14-13(10-12)15-11-17(14)9-8-16-6-2-3-7-16/h4-5,10-11H,2-3,6-9H2,1H3. The van der Waals surface area contributed by atoms with Crippen molar-refractivity contribution >= 4 is 11.0 Å². The zero-order chi connectivity index (χ0) is 12.4. The summed E-state index contributed by atoms with van der Waals surface area (Å²) < 4.78 is 7.44. The first kappa shape index (κ1) is 11.5. The highest BCUT2D eigenvalue weighted by molar-refractivity contribution is 5.76. The summed E-state index contributed by atoms with van der Waals surface area (Å²) in [6.07, 6.45) is 4.63. The van der Waals surface area contributed by atoms with E-state index in [1.165, 1.54) is 31.4 Å². The number of nitrogens with zero attached hydrogens (tertiary/aromatic N) is 3. The Labute approximate surface area is 107 Å². The van der Waals surface area contributed by atoms with Gasteiger partial charge in [0.1, 0.15) is 5.75 Å². The van der Waals surface area contributed by atoms with Crippen molar-refractivity contribution in [1.29, 1.82) is 0 Å². The Hall–Kier alpha value is -1.55. The van der Waals surface area contributed by atoms with Gasteiger partial charge in [0, 0.05) is 19.2 Å². The smallest absolute Gasteiger partial charge is 0.121 e. The van der Waals surface area contributed by atoms with Gasteiger partial charge in [-0.1, -0.05) is 0 Å². The zero-order valence-corrected chi connectivity index (χ0v) is 10.8. The van der Waals surface area contributed by atoms with E-state index in [-0.39, 0.29) is 0 Å². The summed E-state index contributed by atoms with van der Waals surface area (Å²) in [6, 6.07) is 6.07. The Morgan fingerprint density at radius 2 is 2.06 bits per heavy atom. The molecule has 0 saturated carbocycles. The topological polar surface area (TPSA) is 30.3 Å². The molecule has 1 fully saturated rings. The van der Waals surface area contributed by atoms with Crippen molar-refractivity contribution in [2.45, 2.75) is 19.4 Å². The van der Waals surface area contributed by atoms with Gasteiger partial charge in [0.05, 0.1) is 24.5 Å². The Morgan fingerprint density at radius 3 is 2.83 bits per heavy atom. The maximum atomic E-state index is 5.22. The maximum Gasteiger partial charge on any atom is 0.121 e. The van der Waals surface area contributed by atoms with Crippen LogP contribution >= 0.6 is 0 Å². The lowest BCUT2D eigenvalue weighted by Gasteiger charge is -2.14. The summed E-state index contributed by atoms with van der Waals surface area (Å²) in [7, 11) is 1.69. The van der Waals surface area contributed by atoms with Crippen molar-refractivity contribution in [2.24, 2.45) is 0 Å². The molecule has 3 rings (SSSR count). The van der Waals surface area contributed by atoms with Crippen molar-refractivity contribution < 1.29 is 4.74 Å². The fourth-order valence-corrected chi connectivity index (χ4v) is 2.60. The molecule has 0 atom stereocenters. The van der Waals surface area contributed by atoms with Crippen LogP contribution in [0.3, 0.4) is 0 Å². The molecule has 1 aliphatic rings. The Bertz CT molecular complexity index is 529. The number of aromatic nitrogens is 2. The second-order valence-corrected chi connectivity index (χ2v) is 4.84. The van der Waals surface area contributed by atoms with Crippen LogP contribution in [0.25, 0.3) is 11.0 Å². The van der Waals surface area contributed by atoms with Gasteiger partial charge in [-0.25, -0.2) is 4.98 Å². The summed E-state index contributed by atoms with van der Waals surface area (Å²) in [6.45, 7) is 4.64. The highest BCUT2D eigenvalue weighted by Crippen LogP contribution is 2.19. The van der Waals surface area contributed by atoms with E-state index in [0.29, 0.717) is 0 Å². The quantitative estimate of drug-likeness (QED) is 0.826. The normalized spacial score (nSPS) is 16.5. The predicted octanol–water partition coefficient (Wildman–Crippen LogP) is 2.14. The summed E-state index contributed by atoms with van der Waals surface area (Å²) in [5.41, 5.74) is 2.20. The molecule has 1 aromatic heterocycles. The molecule has 0 amide bonds. The van der Waals surface area contributed by atoms with Crippen LogP contribution in [0.5, 0.6) is 5.75 Å². The van der Waals surface area contributed by atoms with Gasteiger partial charge in [0.15, 0.2) is 0 Å². The molecule has 0 spiro atoms. The fraction of sp³-hybridized carbons (Fsp3) is 0.500. The molecule has 96 valence electrons. The second kappa shape index (κ2) is 4.98. The molecule has 1 aliphatic heterocycles. The summed E-state index contributed by atoms with van der Waals surface area (Å²) in [4.78, 5) is 6.96. The van der Waals surface area contributed by atoms with Gasteiger partial charge < -0.3 is 14.2 Å². The average Bonchev–Trinajstić information content (AvgIpc) is 3.05. The van der Waals surface area contributed by atoms with Crippen molar-refractivity contribution in [1.82, 2.24) is 14.5 Å². The van der Waals surface area contributed by atoms with Gasteiger partial charge in [0.2, 0.25) is 0 Å². The van der Waals surface area contributed by atoms with Gasteiger partial charge in [0.25, 0.3) is 0 Å². The first-order valence-corrected chi connectivity index (χ1v) is 6.58. The van der Waals surface area contributed by atoms with Gasteiger partial charge in [-0.05, 0) is 38.1 Å². The minimum Gasteiger partial charge on any atom is -0.497 e. The lowest BCUT2D eigenvalue weighted by Crippen LogP contribution is -2.23. The number of imidazole rings is 1.